The number of carbonyl (C=O) groups excluding carboxylic acids is 1. The number of aromatic nitrogens is 1. The summed E-state index contributed by atoms with van der Waals surface area (Å²) >= 11 is 9.54. The van der Waals surface area contributed by atoms with E-state index < -0.39 is 0 Å². The second-order valence-electron chi connectivity index (χ2n) is 7.03. The predicted molar refractivity (Wildman–Crippen MR) is 123 cm³/mol. The van der Waals surface area contributed by atoms with Crippen molar-refractivity contribution in [2.24, 2.45) is 0 Å². The first-order chi connectivity index (χ1) is 14.1. The van der Waals surface area contributed by atoms with E-state index in [4.69, 9.17) is 21.3 Å². The smallest absolute Gasteiger partial charge is 0.260 e. The van der Waals surface area contributed by atoms with E-state index in [9.17, 15) is 4.79 Å². The minimum atomic E-state index is -0.0399. The highest BCUT2D eigenvalue weighted by atomic mass is 35.5. The van der Waals surface area contributed by atoms with Gasteiger partial charge >= 0.3 is 0 Å². The van der Waals surface area contributed by atoms with Gasteiger partial charge in [0.2, 0.25) is 0 Å². The van der Waals surface area contributed by atoms with Gasteiger partial charge in [0, 0.05) is 22.1 Å². The Labute approximate surface area is 184 Å². The number of benzene rings is 2. The lowest BCUT2D eigenvalue weighted by atomic mass is 10.1. The molecule has 2 aromatic carbocycles. The first-order valence-electron chi connectivity index (χ1n) is 9.78. The molecule has 1 aliphatic heterocycles. The lowest BCUT2D eigenvalue weighted by Gasteiger charge is -2.23. The number of hydrogen-bond donors (Lipinski definition) is 0. The molecule has 0 radical (unpaired) electrons. The van der Waals surface area contributed by atoms with Crippen molar-refractivity contribution in [3.05, 3.63) is 52.5 Å². The Morgan fingerprint density at radius 3 is 3.00 bits per heavy atom. The van der Waals surface area contributed by atoms with Crippen LogP contribution in [0.5, 0.6) is 0 Å². The minimum absolute atomic E-state index is 0.0399. The Hall–Kier alpha value is -1.60. The van der Waals surface area contributed by atoms with Crippen molar-refractivity contribution >= 4 is 56.0 Å². The number of halogens is 1. The van der Waals surface area contributed by atoms with Crippen LogP contribution in [-0.2, 0) is 4.74 Å². The highest BCUT2D eigenvalue weighted by molar-refractivity contribution is 7.99. The van der Waals surface area contributed by atoms with Crippen LogP contribution in [0.25, 0.3) is 10.2 Å². The number of aryl methyl sites for hydroxylation is 1. The van der Waals surface area contributed by atoms with Gasteiger partial charge in [0.1, 0.15) is 0 Å². The second-order valence-corrected chi connectivity index (χ2v) is 9.78. The topological polar surface area (TPSA) is 42.4 Å². The second kappa shape index (κ2) is 9.04. The zero-order valence-electron chi connectivity index (χ0n) is 16.5. The van der Waals surface area contributed by atoms with Crippen LogP contribution in [0.15, 0.2) is 41.3 Å². The molecule has 1 unspecified atom stereocenters. The molecule has 1 amide bonds. The third kappa shape index (κ3) is 4.45. The van der Waals surface area contributed by atoms with E-state index in [1.54, 1.807) is 16.7 Å². The Balaban J connectivity index is 1.72. The molecular formula is C22H23ClN2O2S2. The number of amides is 1. The largest absolute Gasteiger partial charge is 0.376 e. The molecule has 7 heteroatoms. The average Bonchev–Trinajstić information content (AvgIpc) is 3.39. The number of thioether (sulfide) groups is 1. The summed E-state index contributed by atoms with van der Waals surface area (Å²) in [4.78, 5) is 21.2. The minimum Gasteiger partial charge on any atom is -0.376 e. The van der Waals surface area contributed by atoms with Crippen LogP contribution in [0.1, 0.15) is 35.7 Å². The lowest BCUT2D eigenvalue weighted by molar-refractivity contribution is 0.0917. The molecule has 1 aliphatic rings. The molecule has 4 rings (SSSR count). The fourth-order valence-corrected chi connectivity index (χ4v) is 5.39. The number of rotatable bonds is 6. The molecule has 4 nitrogen and oxygen atoms in total. The number of ether oxygens (including phenoxy) is 1. The van der Waals surface area contributed by atoms with Crippen molar-refractivity contribution in [3.63, 3.8) is 0 Å². The molecule has 1 aromatic heterocycles. The van der Waals surface area contributed by atoms with E-state index in [1.165, 1.54) is 11.3 Å². The number of thiazole rings is 1. The van der Waals surface area contributed by atoms with E-state index in [0.717, 1.165) is 45.9 Å². The molecule has 1 atom stereocenters. The maximum absolute atomic E-state index is 13.5. The van der Waals surface area contributed by atoms with Crippen LogP contribution in [0.3, 0.4) is 0 Å². The van der Waals surface area contributed by atoms with Crippen molar-refractivity contribution in [3.8, 4) is 0 Å². The van der Waals surface area contributed by atoms with Gasteiger partial charge in [0.15, 0.2) is 5.13 Å². The van der Waals surface area contributed by atoms with E-state index >= 15 is 0 Å². The molecule has 1 saturated heterocycles. The number of anilines is 1. The molecular weight excluding hydrogens is 424 g/mol. The molecule has 152 valence electrons. The molecule has 2 heterocycles. The Kier molecular flexibility index (Phi) is 6.44. The molecule has 0 aliphatic carbocycles. The SMILES string of the molecule is CCSc1cccc(C(=O)N(CC2CCCO2)c2nc3c(C)c(Cl)ccc3s2)c1. The summed E-state index contributed by atoms with van der Waals surface area (Å²) in [6.07, 6.45) is 2.04. The first kappa shape index (κ1) is 20.7. The number of carbonyl (C=O) groups is 1. The molecule has 29 heavy (non-hydrogen) atoms. The summed E-state index contributed by atoms with van der Waals surface area (Å²) in [6, 6.07) is 11.7. The van der Waals surface area contributed by atoms with Crippen LogP contribution in [0.4, 0.5) is 5.13 Å². The van der Waals surface area contributed by atoms with E-state index in [0.29, 0.717) is 22.3 Å². The van der Waals surface area contributed by atoms with Gasteiger partial charge < -0.3 is 4.74 Å². The number of hydrogen-bond acceptors (Lipinski definition) is 5. The van der Waals surface area contributed by atoms with E-state index in [-0.39, 0.29) is 12.0 Å². The van der Waals surface area contributed by atoms with Crippen LogP contribution >= 0.6 is 34.7 Å². The van der Waals surface area contributed by atoms with Crippen molar-refractivity contribution in [1.82, 2.24) is 4.98 Å². The lowest BCUT2D eigenvalue weighted by Crippen LogP contribution is -2.37. The van der Waals surface area contributed by atoms with Crippen LogP contribution in [0.2, 0.25) is 5.02 Å². The highest BCUT2D eigenvalue weighted by Crippen LogP contribution is 2.35. The van der Waals surface area contributed by atoms with Gasteiger partial charge in [-0.05, 0) is 61.4 Å². The summed E-state index contributed by atoms with van der Waals surface area (Å²) in [5.74, 6) is 0.927. The molecule has 0 bridgehead atoms. The highest BCUT2D eigenvalue weighted by Gasteiger charge is 2.27. The van der Waals surface area contributed by atoms with Gasteiger partial charge in [-0.1, -0.05) is 35.9 Å². The van der Waals surface area contributed by atoms with Gasteiger partial charge in [-0.15, -0.1) is 11.8 Å². The van der Waals surface area contributed by atoms with Crippen LogP contribution < -0.4 is 4.90 Å². The standard InChI is InChI=1S/C22H23ClN2O2S2/c1-3-28-17-8-4-6-15(12-17)21(26)25(13-16-7-5-11-27-16)22-24-20-14(2)18(23)9-10-19(20)29-22/h4,6,8-10,12,16H,3,5,7,11,13H2,1-2H3. The Morgan fingerprint density at radius 1 is 1.38 bits per heavy atom. The van der Waals surface area contributed by atoms with Crippen molar-refractivity contribution in [2.75, 3.05) is 23.8 Å². The van der Waals surface area contributed by atoms with Gasteiger partial charge in [0.25, 0.3) is 5.91 Å². The zero-order chi connectivity index (χ0) is 20.4. The monoisotopic (exact) mass is 446 g/mol. The van der Waals surface area contributed by atoms with Crippen LogP contribution in [-0.4, -0.2) is 35.9 Å². The summed E-state index contributed by atoms with van der Waals surface area (Å²) in [6.45, 7) is 5.34. The molecule has 0 N–H and O–H groups in total. The van der Waals surface area contributed by atoms with Gasteiger partial charge in [-0.2, -0.15) is 0 Å². The fourth-order valence-electron chi connectivity index (χ4n) is 3.49. The summed E-state index contributed by atoms with van der Waals surface area (Å²) < 4.78 is 6.86. The third-order valence-corrected chi connectivity index (χ3v) is 7.34. The molecule has 3 aromatic rings. The average molecular weight is 447 g/mol. The maximum Gasteiger partial charge on any atom is 0.260 e. The van der Waals surface area contributed by atoms with Crippen LogP contribution in [0, 0.1) is 6.92 Å². The van der Waals surface area contributed by atoms with Gasteiger partial charge in [-0.3, -0.25) is 9.69 Å². The van der Waals surface area contributed by atoms with Gasteiger partial charge in [0.05, 0.1) is 22.9 Å². The third-order valence-electron chi connectivity index (χ3n) is 5.01. The number of fused-ring (bicyclic) bond motifs is 1. The Morgan fingerprint density at radius 2 is 2.24 bits per heavy atom. The normalized spacial score (nSPS) is 16.4. The summed E-state index contributed by atoms with van der Waals surface area (Å²) in [5, 5.41) is 1.38. The van der Waals surface area contributed by atoms with E-state index in [1.807, 2.05) is 43.3 Å². The first-order valence-corrected chi connectivity index (χ1v) is 12.0. The quantitative estimate of drug-likeness (QED) is 0.423. The maximum atomic E-state index is 13.5. The van der Waals surface area contributed by atoms with E-state index in [2.05, 4.69) is 6.92 Å². The fraction of sp³-hybridized carbons (Fsp3) is 0.364. The zero-order valence-corrected chi connectivity index (χ0v) is 18.9. The molecule has 1 fully saturated rings. The predicted octanol–water partition coefficient (Wildman–Crippen LogP) is 6.20. The summed E-state index contributed by atoms with van der Waals surface area (Å²) in [5.41, 5.74) is 2.48. The Bertz CT molecular complexity index is 1030. The van der Waals surface area contributed by atoms with Crippen molar-refractivity contribution < 1.29 is 9.53 Å². The van der Waals surface area contributed by atoms with Gasteiger partial charge in [-0.25, -0.2) is 4.98 Å². The number of nitrogens with zero attached hydrogens (tertiary/aromatic N) is 2. The summed E-state index contributed by atoms with van der Waals surface area (Å²) in [7, 11) is 0. The van der Waals surface area contributed by atoms with Crippen molar-refractivity contribution in [2.45, 2.75) is 37.7 Å². The van der Waals surface area contributed by atoms with Crippen molar-refractivity contribution in [1.29, 1.82) is 0 Å². The molecule has 0 saturated carbocycles. The molecule has 0 spiro atoms.